The highest BCUT2D eigenvalue weighted by atomic mass is 32.2. The molecular weight excluding hydrogens is 357 g/mol. The van der Waals surface area contributed by atoms with Crippen LogP contribution in [0.5, 0.6) is 0 Å². The number of aromatic nitrogens is 2. The molecule has 0 radical (unpaired) electrons. The molecule has 2 unspecified atom stereocenters. The summed E-state index contributed by atoms with van der Waals surface area (Å²) in [5.74, 6) is 0. The molecule has 1 aliphatic heterocycles. The van der Waals surface area contributed by atoms with Crippen LogP contribution >= 0.6 is 11.8 Å². The van der Waals surface area contributed by atoms with Gasteiger partial charge in [0.05, 0.1) is 5.56 Å². The maximum atomic E-state index is 12.9. The number of ether oxygens (including phenoxy) is 1. The second-order valence-corrected chi connectivity index (χ2v) is 7.91. The third-order valence-electron chi connectivity index (χ3n) is 4.16. The molecule has 0 aliphatic carbocycles. The molecule has 25 heavy (non-hydrogen) atoms. The molecule has 9 heteroatoms. The molecule has 1 aromatic heterocycles. The number of thioether (sulfide) groups is 1. The standard InChI is InChI=1S/C16H17F3N2O3S/c1-15(25-11-4-2-3-10(7-11)16(17,18)19)5-6-24-13(9-15)12-8-14(22)20-21(12)23/h2-4,7-8,13,23H,5-6,9H2,1H3,(H,20,22). The van der Waals surface area contributed by atoms with E-state index in [1.165, 1.54) is 23.9 Å². The highest BCUT2D eigenvalue weighted by Crippen LogP contribution is 2.46. The average Bonchev–Trinajstić information content (AvgIpc) is 2.85. The number of hydrogen-bond acceptors (Lipinski definition) is 4. The normalized spacial score (nSPS) is 24.4. The van der Waals surface area contributed by atoms with Crippen molar-refractivity contribution in [1.29, 1.82) is 0 Å². The van der Waals surface area contributed by atoms with E-state index < -0.39 is 23.4 Å². The topological polar surface area (TPSA) is 67.2 Å². The van der Waals surface area contributed by atoms with Gasteiger partial charge in [0.25, 0.3) is 5.56 Å². The van der Waals surface area contributed by atoms with Gasteiger partial charge in [0.2, 0.25) is 0 Å². The van der Waals surface area contributed by atoms with Crippen LogP contribution in [-0.2, 0) is 10.9 Å². The van der Waals surface area contributed by atoms with Crippen LogP contribution in [0.15, 0.2) is 40.0 Å². The minimum absolute atomic E-state index is 0.306. The van der Waals surface area contributed by atoms with Gasteiger partial charge in [0.1, 0.15) is 11.8 Å². The van der Waals surface area contributed by atoms with E-state index in [1.807, 2.05) is 6.92 Å². The van der Waals surface area contributed by atoms with Crippen LogP contribution in [0.2, 0.25) is 0 Å². The van der Waals surface area contributed by atoms with E-state index in [2.05, 4.69) is 5.10 Å². The predicted octanol–water partition coefficient (Wildman–Crippen LogP) is 3.84. The highest BCUT2D eigenvalue weighted by molar-refractivity contribution is 8.00. The fourth-order valence-electron chi connectivity index (χ4n) is 2.90. The lowest BCUT2D eigenvalue weighted by atomic mass is 9.95. The lowest BCUT2D eigenvalue weighted by Gasteiger charge is -2.37. The second-order valence-electron chi connectivity index (χ2n) is 6.25. The lowest BCUT2D eigenvalue weighted by Crippen LogP contribution is -2.32. The summed E-state index contributed by atoms with van der Waals surface area (Å²) < 4.78 is 43.9. The number of nitrogens with zero attached hydrogens (tertiary/aromatic N) is 1. The largest absolute Gasteiger partial charge is 0.416 e. The number of alkyl halides is 3. The summed E-state index contributed by atoms with van der Waals surface area (Å²) in [5.41, 5.74) is -0.820. The van der Waals surface area contributed by atoms with Crippen molar-refractivity contribution in [3.05, 3.63) is 51.9 Å². The number of aromatic amines is 1. The smallest absolute Gasteiger partial charge is 0.413 e. The van der Waals surface area contributed by atoms with Crippen molar-refractivity contribution in [3.8, 4) is 0 Å². The van der Waals surface area contributed by atoms with E-state index in [0.717, 1.165) is 12.1 Å². The second kappa shape index (κ2) is 6.45. The molecule has 2 aromatic rings. The van der Waals surface area contributed by atoms with Gasteiger partial charge < -0.3 is 9.94 Å². The molecule has 1 fully saturated rings. The molecule has 0 bridgehead atoms. The molecule has 2 heterocycles. The molecule has 3 rings (SSSR count). The first-order chi connectivity index (χ1) is 11.7. The van der Waals surface area contributed by atoms with Gasteiger partial charge in [-0.1, -0.05) is 6.07 Å². The number of nitrogens with one attached hydrogen (secondary N) is 1. The fraction of sp³-hybridized carbons (Fsp3) is 0.438. The first-order valence-electron chi connectivity index (χ1n) is 7.65. The summed E-state index contributed by atoms with van der Waals surface area (Å²) in [6.45, 7) is 2.33. The van der Waals surface area contributed by atoms with Crippen LogP contribution in [-0.4, -0.2) is 26.5 Å². The Labute approximate surface area is 145 Å². The van der Waals surface area contributed by atoms with Crippen molar-refractivity contribution >= 4 is 11.8 Å². The van der Waals surface area contributed by atoms with Crippen LogP contribution in [0.1, 0.15) is 37.1 Å². The van der Waals surface area contributed by atoms with Crippen LogP contribution in [0.25, 0.3) is 0 Å². The van der Waals surface area contributed by atoms with Gasteiger partial charge in [-0.15, -0.1) is 16.6 Å². The predicted molar refractivity (Wildman–Crippen MR) is 85.9 cm³/mol. The summed E-state index contributed by atoms with van der Waals surface area (Å²) in [6.07, 6.45) is -3.80. The molecule has 0 amide bonds. The zero-order chi connectivity index (χ0) is 18.2. The number of benzene rings is 1. The summed E-state index contributed by atoms with van der Waals surface area (Å²) in [4.78, 5) is 12.5. The SMILES string of the molecule is CC1(Sc2cccc(C(F)(F)F)c2)CCOC(c2cc(=O)[nH]n2O)C1. The molecule has 1 aromatic carbocycles. The Morgan fingerprint density at radius 3 is 2.80 bits per heavy atom. The van der Waals surface area contributed by atoms with Gasteiger partial charge in [0, 0.05) is 22.3 Å². The quantitative estimate of drug-likeness (QED) is 0.802. The van der Waals surface area contributed by atoms with Crippen LogP contribution in [0.4, 0.5) is 13.2 Å². The zero-order valence-corrected chi connectivity index (χ0v) is 14.2. The van der Waals surface area contributed by atoms with E-state index >= 15 is 0 Å². The van der Waals surface area contributed by atoms with Crippen molar-refractivity contribution in [2.75, 3.05) is 6.61 Å². The molecule has 136 valence electrons. The number of hydrogen-bond donors (Lipinski definition) is 2. The third-order valence-corrected chi connectivity index (χ3v) is 5.52. The van der Waals surface area contributed by atoms with E-state index in [4.69, 9.17) is 4.74 Å². The lowest BCUT2D eigenvalue weighted by molar-refractivity contribution is -0.137. The molecule has 2 atom stereocenters. The van der Waals surface area contributed by atoms with Crippen LogP contribution < -0.4 is 5.56 Å². The van der Waals surface area contributed by atoms with Gasteiger partial charge in [-0.05, 0) is 38.0 Å². The van der Waals surface area contributed by atoms with E-state index in [9.17, 15) is 23.2 Å². The van der Waals surface area contributed by atoms with Crippen molar-refractivity contribution in [1.82, 2.24) is 9.94 Å². The summed E-state index contributed by atoms with van der Waals surface area (Å²) in [5, 5.41) is 11.9. The average molecular weight is 374 g/mol. The number of halogens is 3. The molecule has 0 saturated carbocycles. The zero-order valence-electron chi connectivity index (χ0n) is 13.3. The van der Waals surface area contributed by atoms with E-state index in [1.54, 1.807) is 6.07 Å². The molecule has 0 spiro atoms. The number of H-pyrrole nitrogens is 1. The number of rotatable bonds is 3. The van der Waals surface area contributed by atoms with Crippen molar-refractivity contribution in [2.24, 2.45) is 0 Å². The van der Waals surface area contributed by atoms with Gasteiger partial charge in [0.15, 0.2) is 0 Å². The summed E-state index contributed by atoms with van der Waals surface area (Å²) in [7, 11) is 0. The minimum atomic E-state index is -4.38. The summed E-state index contributed by atoms with van der Waals surface area (Å²) in [6, 6.07) is 6.48. The fourth-order valence-corrected chi connectivity index (χ4v) is 4.22. The molecule has 5 nitrogen and oxygen atoms in total. The maximum Gasteiger partial charge on any atom is 0.416 e. The van der Waals surface area contributed by atoms with Gasteiger partial charge >= 0.3 is 6.18 Å². The van der Waals surface area contributed by atoms with Gasteiger partial charge in [-0.2, -0.15) is 13.2 Å². The van der Waals surface area contributed by atoms with E-state index in [-0.39, 0.29) is 4.75 Å². The Morgan fingerprint density at radius 1 is 1.40 bits per heavy atom. The molecular formula is C16H17F3N2O3S. The molecule has 2 N–H and O–H groups in total. The van der Waals surface area contributed by atoms with E-state index in [0.29, 0.717) is 34.9 Å². The van der Waals surface area contributed by atoms with Gasteiger partial charge in [-0.3, -0.25) is 4.79 Å². The Bertz CT molecular complexity index is 817. The molecule has 1 saturated heterocycles. The van der Waals surface area contributed by atoms with Crippen molar-refractivity contribution in [2.45, 2.75) is 41.7 Å². The van der Waals surface area contributed by atoms with Crippen LogP contribution in [0, 0.1) is 0 Å². The van der Waals surface area contributed by atoms with Crippen LogP contribution in [0.3, 0.4) is 0 Å². The van der Waals surface area contributed by atoms with Crippen molar-refractivity contribution < 1.29 is 23.1 Å². The Hall–Kier alpha value is -1.87. The minimum Gasteiger partial charge on any atom is -0.413 e. The molecule has 1 aliphatic rings. The Kier molecular flexibility index (Phi) is 4.63. The monoisotopic (exact) mass is 374 g/mol. The highest BCUT2D eigenvalue weighted by Gasteiger charge is 2.37. The first-order valence-corrected chi connectivity index (χ1v) is 8.47. The Balaban J connectivity index is 1.80. The first kappa shape index (κ1) is 17.9. The van der Waals surface area contributed by atoms with Gasteiger partial charge in [-0.25, -0.2) is 5.10 Å². The summed E-state index contributed by atoms with van der Waals surface area (Å²) >= 11 is 1.35. The Morgan fingerprint density at radius 2 is 2.16 bits per heavy atom. The third kappa shape index (κ3) is 4.04. The maximum absolute atomic E-state index is 12.9. The van der Waals surface area contributed by atoms with Crippen molar-refractivity contribution in [3.63, 3.8) is 0 Å².